The van der Waals surface area contributed by atoms with Crippen LogP contribution >= 0.6 is 0 Å². The number of carbonyl (C=O) groups is 1. The molecule has 0 rings (SSSR count). The molecule has 0 saturated heterocycles. The number of aliphatic hydroxyl groups is 1. The van der Waals surface area contributed by atoms with Crippen LogP contribution in [0.25, 0.3) is 0 Å². The summed E-state index contributed by atoms with van der Waals surface area (Å²) in [5.74, 6) is 0.536. The summed E-state index contributed by atoms with van der Waals surface area (Å²) >= 11 is 0. The Hall–Kier alpha value is -0.570. The zero-order valence-electron chi connectivity index (χ0n) is 20.1. The van der Waals surface area contributed by atoms with Gasteiger partial charge in [-0.3, -0.25) is 4.79 Å². The maximum atomic E-state index is 11.9. The van der Waals surface area contributed by atoms with Crippen LogP contribution in [0, 0.1) is 5.92 Å². The van der Waals surface area contributed by atoms with Crippen molar-refractivity contribution in [2.45, 2.75) is 149 Å². The Morgan fingerprint density at radius 2 is 1.21 bits per heavy atom. The first-order valence-electron chi connectivity index (χ1n) is 13.0. The highest BCUT2D eigenvalue weighted by molar-refractivity contribution is 5.69. The second-order valence-electron chi connectivity index (χ2n) is 8.97. The highest BCUT2D eigenvalue weighted by Gasteiger charge is 2.09. The molecule has 0 aromatic rings. The largest absolute Gasteiger partial charge is 0.465 e. The van der Waals surface area contributed by atoms with Crippen molar-refractivity contribution in [3.05, 3.63) is 0 Å². The number of hydrogen-bond donors (Lipinski definition) is 1. The summed E-state index contributed by atoms with van der Waals surface area (Å²) in [4.78, 5) is 11.9. The van der Waals surface area contributed by atoms with Crippen LogP contribution in [0.3, 0.4) is 0 Å². The SMILES string of the molecule is CCCCCC[C@H](O)CCCCCCCCCCC(=O)OC[C@H](CC)CCCC. The van der Waals surface area contributed by atoms with Crippen LogP contribution in [-0.4, -0.2) is 23.8 Å². The lowest BCUT2D eigenvalue weighted by molar-refractivity contribution is -0.145. The van der Waals surface area contributed by atoms with Gasteiger partial charge in [0.2, 0.25) is 0 Å². The summed E-state index contributed by atoms with van der Waals surface area (Å²) in [5, 5.41) is 9.98. The number of ether oxygens (including phenoxy) is 1. The summed E-state index contributed by atoms with van der Waals surface area (Å²) in [7, 11) is 0. The van der Waals surface area contributed by atoms with E-state index in [0.29, 0.717) is 18.9 Å². The fourth-order valence-corrected chi connectivity index (χ4v) is 3.84. The Bertz CT molecular complexity index is 343. The number of aliphatic hydroxyl groups excluding tert-OH is 1. The lowest BCUT2D eigenvalue weighted by Crippen LogP contribution is -2.13. The monoisotopic (exact) mass is 412 g/mol. The fourth-order valence-electron chi connectivity index (χ4n) is 3.84. The van der Waals surface area contributed by atoms with Gasteiger partial charge in [-0.2, -0.15) is 0 Å². The molecule has 0 aliphatic carbocycles. The van der Waals surface area contributed by atoms with Gasteiger partial charge >= 0.3 is 5.97 Å². The standard InChI is InChI=1S/C26H52O3/c1-4-7-9-16-20-25(27)21-17-14-12-10-11-13-15-18-22-26(28)29-23-24(6-3)19-8-5-2/h24-25,27H,4-23H2,1-3H3/t24-,25+/m1/s1. The third-order valence-corrected chi connectivity index (χ3v) is 6.08. The van der Waals surface area contributed by atoms with Crippen LogP contribution in [0.15, 0.2) is 0 Å². The van der Waals surface area contributed by atoms with E-state index in [1.807, 2.05) is 0 Å². The van der Waals surface area contributed by atoms with Gasteiger partial charge in [0.05, 0.1) is 12.7 Å². The zero-order valence-corrected chi connectivity index (χ0v) is 20.1. The normalized spacial score (nSPS) is 13.4. The number of esters is 1. The summed E-state index contributed by atoms with van der Waals surface area (Å²) < 4.78 is 5.46. The quantitative estimate of drug-likeness (QED) is 0.145. The van der Waals surface area contributed by atoms with Crippen LogP contribution in [0.2, 0.25) is 0 Å². The van der Waals surface area contributed by atoms with E-state index in [4.69, 9.17) is 4.74 Å². The number of hydrogen-bond acceptors (Lipinski definition) is 3. The maximum Gasteiger partial charge on any atom is 0.305 e. The van der Waals surface area contributed by atoms with E-state index in [2.05, 4.69) is 20.8 Å². The van der Waals surface area contributed by atoms with Crippen molar-refractivity contribution < 1.29 is 14.6 Å². The van der Waals surface area contributed by atoms with Crippen molar-refractivity contribution in [3.63, 3.8) is 0 Å². The molecule has 3 nitrogen and oxygen atoms in total. The Kier molecular flexibility index (Phi) is 21.7. The van der Waals surface area contributed by atoms with Crippen molar-refractivity contribution in [1.82, 2.24) is 0 Å². The molecule has 174 valence electrons. The number of rotatable bonds is 22. The van der Waals surface area contributed by atoms with Gasteiger partial charge in [-0.05, 0) is 31.6 Å². The molecule has 3 heteroatoms. The molecule has 0 amide bonds. The summed E-state index contributed by atoms with van der Waals surface area (Å²) in [6.45, 7) is 7.23. The molecular formula is C26H52O3. The van der Waals surface area contributed by atoms with E-state index in [-0.39, 0.29) is 12.1 Å². The Labute approximate surface area is 182 Å². The van der Waals surface area contributed by atoms with Crippen molar-refractivity contribution in [2.24, 2.45) is 5.92 Å². The van der Waals surface area contributed by atoms with Gasteiger partial charge < -0.3 is 9.84 Å². The van der Waals surface area contributed by atoms with Gasteiger partial charge in [0.1, 0.15) is 0 Å². The molecule has 0 unspecified atom stereocenters. The van der Waals surface area contributed by atoms with E-state index in [9.17, 15) is 9.90 Å². The molecule has 0 saturated carbocycles. The maximum absolute atomic E-state index is 11.9. The van der Waals surface area contributed by atoms with Gasteiger partial charge in [-0.25, -0.2) is 0 Å². The average Bonchev–Trinajstić information content (AvgIpc) is 2.72. The smallest absolute Gasteiger partial charge is 0.305 e. The van der Waals surface area contributed by atoms with Gasteiger partial charge in [-0.1, -0.05) is 111 Å². The molecule has 0 fully saturated rings. The first-order chi connectivity index (χ1) is 14.1. The minimum atomic E-state index is -0.0779. The van der Waals surface area contributed by atoms with Crippen molar-refractivity contribution in [3.8, 4) is 0 Å². The van der Waals surface area contributed by atoms with Crippen LogP contribution in [0.5, 0.6) is 0 Å². The van der Waals surface area contributed by atoms with Crippen LogP contribution in [0.1, 0.15) is 143 Å². The number of unbranched alkanes of at least 4 members (excludes halogenated alkanes) is 11. The van der Waals surface area contributed by atoms with Gasteiger partial charge in [0.15, 0.2) is 0 Å². The topological polar surface area (TPSA) is 46.5 Å². The first kappa shape index (κ1) is 28.4. The van der Waals surface area contributed by atoms with E-state index >= 15 is 0 Å². The van der Waals surface area contributed by atoms with Crippen molar-refractivity contribution >= 4 is 5.97 Å². The zero-order chi connectivity index (χ0) is 21.6. The summed E-state index contributed by atoms with van der Waals surface area (Å²) in [6, 6.07) is 0. The Morgan fingerprint density at radius 1 is 0.690 bits per heavy atom. The van der Waals surface area contributed by atoms with E-state index < -0.39 is 0 Å². The van der Waals surface area contributed by atoms with Crippen molar-refractivity contribution in [1.29, 1.82) is 0 Å². The van der Waals surface area contributed by atoms with Crippen molar-refractivity contribution in [2.75, 3.05) is 6.61 Å². The molecule has 0 spiro atoms. The predicted octanol–water partition coefficient (Wildman–Crippen LogP) is 7.98. The molecule has 0 aliphatic rings. The third kappa shape index (κ3) is 20.5. The molecule has 0 aromatic carbocycles. The second kappa shape index (κ2) is 22.1. The Morgan fingerprint density at radius 3 is 1.76 bits per heavy atom. The Balaban J connectivity index is 3.36. The molecule has 0 aromatic heterocycles. The molecule has 0 aliphatic heterocycles. The molecular weight excluding hydrogens is 360 g/mol. The van der Waals surface area contributed by atoms with Gasteiger partial charge in [-0.15, -0.1) is 0 Å². The fraction of sp³-hybridized carbons (Fsp3) is 0.962. The predicted molar refractivity (Wildman–Crippen MR) is 125 cm³/mol. The van der Waals surface area contributed by atoms with E-state index in [1.165, 1.54) is 77.0 Å². The van der Waals surface area contributed by atoms with Crippen LogP contribution in [0.4, 0.5) is 0 Å². The third-order valence-electron chi connectivity index (χ3n) is 6.08. The molecule has 0 radical (unpaired) electrons. The van der Waals surface area contributed by atoms with Gasteiger partial charge in [0, 0.05) is 6.42 Å². The minimum absolute atomic E-state index is 0.00630. The molecule has 0 bridgehead atoms. The summed E-state index contributed by atoms with van der Waals surface area (Å²) in [6.07, 6.45) is 21.8. The molecule has 2 atom stereocenters. The van der Waals surface area contributed by atoms with E-state index in [1.54, 1.807) is 0 Å². The second-order valence-corrected chi connectivity index (χ2v) is 8.97. The molecule has 0 heterocycles. The first-order valence-corrected chi connectivity index (χ1v) is 13.0. The minimum Gasteiger partial charge on any atom is -0.465 e. The number of carbonyl (C=O) groups excluding carboxylic acids is 1. The average molecular weight is 413 g/mol. The van der Waals surface area contributed by atoms with Crippen LogP contribution < -0.4 is 0 Å². The molecule has 1 N–H and O–H groups in total. The molecule has 29 heavy (non-hydrogen) atoms. The van der Waals surface area contributed by atoms with Crippen LogP contribution in [-0.2, 0) is 9.53 Å². The highest BCUT2D eigenvalue weighted by Crippen LogP contribution is 2.15. The highest BCUT2D eigenvalue weighted by atomic mass is 16.5. The summed E-state index contributed by atoms with van der Waals surface area (Å²) in [5.41, 5.74) is 0. The van der Waals surface area contributed by atoms with E-state index in [0.717, 1.165) is 38.5 Å². The lowest BCUT2D eigenvalue weighted by atomic mass is 10.0. The van der Waals surface area contributed by atoms with Gasteiger partial charge in [0.25, 0.3) is 0 Å². The lowest BCUT2D eigenvalue weighted by Gasteiger charge is -2.14.